The summed E-state index contributed by atoms with van der Waals surface area (Å²) in [5.74, 6) is -0.766. The Hall–Kier alpha value is -0.650. The van der Waals surface area contributed by atoms with Crippen LogP contribution in [0.25, 0.3) is 0 Å². The summed E-state index contributed by atoms with van der Waals surface area (Å²) in [6, 6.07) is 0.235. The SMILES string of the molecule is CCCNC(C)(CC(C)N1CCCC(OC)C1)C(=O)O. The Morgan fingerprint density at radius 2 is 2.30 bits per heavy atom. The van der Waals surface area contributed by atoms with Crippen LogP contribution in [0.1, 0.15) is 46.5 Å². The van der Waals surface area contributed by atoms with E-state index in [0.717, 1.165) is 38.9 Å². The fraction of sp³-hybridized carbons (Fsp3) is 0.933. The summed E-state index contributed by atoms with van der Waals surface area (Å²) in [6.45, 7) is 8.63. The molecule has 1 aliphatic heterocycles. The Labute approximate surface area is 122 Å². The van der Waals surface area contributed by atoms with Crippen molar-refractivity contribution in [3.63, 3.8) is 0 Å². The Morgan fingerprint density at radius 3 is 2.85 bits per heavy atom. The highest BCUT2D eigenvalue weighted by molar-refractivity contribution is 5.78. The highest BCUT2D eigenvalue weighted by Crippen LogP contribution is 2.21. The number of hydrogen-bond donors (Lipinski definition) is 2. The van der Waals surface area contributed by atoms with Crippen LogP contribution < -0.4 is 5.32 Å². The second-order valence-electron chi connectivity index (χ2n) is 6.11. The summed E-state index contributed by atoms with van der Waals surface area (Å²) >= 11 is 0. The van der Waals surface area contributed by atoms with Gasteiger partial charge in [0, 0.05) is 19.7 Å². The number of carboxylic acids is 1. The van der Waals surface area contributed by atoms with Crippen LogP contribution in [-0.2, 0) is 9.53 Å². The Kier molecular flexibility index (Phi) is 6.92. The van der Waals surface area contributed by atoms with Gasteiger partial charge in [-0.2, -0.15) is 0 Å². The average molecular weight is 286 g/mol. The molecule has 1 heterocycles. The molecule has 0 aliphatic carbocycles. The fourth-order valence-electron chi connectivity index (χ4n) is 2.91. The van der Waals surface area contributed by atoms with Gasteiger partial charge in [-0.05, 0) is 52.6 Å². The first-order valence-electron chi connectivity index (χ1n) is 7.68. The van der Waals surface area contributed by atoms with E-state index in [-0.39, 0.29) is 12.1 Å². The first-order chi connectivity index (χ1) is 9.42. The zero-order chi connectivity index (χ0) is 15.2. The number of ether oxygens (including phenoxy) is 1. The number of rotatable bonds is 8. The van der Waals surface area contributed by atoms with E-state index in [1.165, 1.54) is 0 Å². The van der Waals surface area contributed by atoms with Crippen LogP contribution in [0.3, 0.4) is 0 Å². The molecular formula is C15H30N2O3. The molecule has 3 unspecified atom stereocenters. The molecule has 5 nitrogen and oxygen atoms in total. The predicted octanol–water partition coefficient (Wildman–Crippen LogP) is 1.72. The zero-order valence-electron chi connectivity index (χ0n) is 13.3. The number of carboxylic acid groups (broad SMARTS) is 1. The van der Waals surface area contributed by atoms with Crippen molar-refractivity contribution in [3.05, 3.63) is 0 Å². The Morgan fingerprint density at radius 1 is 1.60 bits per heavy atom. The van der Waals surface area contributed by atoms with Gasteiger partial charge in [0.1, 0.15) is 5.54 Å². The van der Waals surface area contributed by atoms with Crippen molar-refractivity contribution in [1.29, 1.82) is 0 Å². The quantitative estimate of drug-likeness (QED) is 0.711. The molecule has 20 heavy (non-hydrogen) atoms. The maximum atomic E-state index is 11.6. The van der Waals surface area contributed by atoms with Crippen molar-refractivity contribution in [3.8, 4) is 0 Å². The molecule has 2 N–H and O–H groups in total. The van der Waals surface area contributed by atoms with Crippen LogP contribution in [0.2, 0.25) is 0 Å². The van der Waals surface area contributed by atoms with E-state index >= 15 is 0 Å². The number of piperidine rings is 1. The maximum Gasteiger partial charge on any atom is 0.323 e. The minimum Gasteiger partial charge on any atom is -0.480 e. The lowest BCUT2D eigenvalue weighted by Crippen LogP contribution is -2.55. The molecular weight excluding hydrogens is 256 g/mol. The molecule has 0 bridgehead atoms. The van der Waals surface area contributed by atoms with Crippen molar-refractivity contribution in [2.75, 3.05) is 26.7 Å². The third kappa shape index (κ3) is 4.72. The topological polar surface area (TPSA) is 61.8 Å². The van der Waals surface area contributed by atoms with Gasteiger partial charge < -0.3 is 15.2 Å². The molecule has 0 saturated carbocycles. The lowest BCUT2D eigenvalue weighted by Gasteiger charge is -2.39. The molecule has 0 radical (unpaired) electrons. The summed E-state index contributed by atoms with van der Waals surface area (Å²) in [5.41, 5.74) is -0.852. The minimum atomic E-state index is -0.852. The Balaban J connectivity index is 2.60. The summed E-state index contributed by atoms with van der Waals surface area (Å²) < 4.78 is 5.44. The second-order valence-corrected chi connectivity index (χ2v) is 6.11. The normalized spacial score (nSPS) is 25.1. The smallest absolute Gasteiger partial charge is 0.323 e. The molecule has 1 aliphatic rings. The standard InChI is InChI=1S/C15H30N2O3/c1-5-8-16-15(3,14(18)19)10-12(2)17-9-6-7-13(11-17)20-4/h12-13,16H,5-11H2,1-4H3,(H,18,19). The molecule has 0 spiro atoms. The zero-order valence-corrected chi connectivity index (χ0v) is 13.3. The summed E-state index contributed by atoms with van der Waals surface area (Å²) in [4.78, 5) is 13.9. The van der Waals surface area contributed by atoms with Gasteiger partial charge in [-0.15, -0.1) is 0 Å². The maximum absolute atomic E-state index is 11.6. The van der Waals surface area contributed by atoms with Crippen LogP contribution >= 0.6 is 0 Å². The largest absolute Gasteiger partial charge is 0.480 e. The monoisotopic (exact) mass is 286 g/mol. The van der Waals surface area contributed by atoms with Gasteiger partial charge in [0.2, 0.25) is 0 Å². The Bertz CT molecular complexity index is 311. The van der Waals surface area contributed by atoms with Crippen molar-refractivity contribution in [2.45, 2.75) is 64.1 Å². The average Bonchev–Trinajstić information content (AvgIpc) is 2.45. The lowest BCUT2D eigenvalue weighted by atomic mass is 9.91. The third-order valence-corrected chi connectivity index (χ3v) is 4.31. The fourth-order valence-corrected chi connectivity index (χ4v) is 2.91. The summed E-state index contributed by atoms with van der Waals surface area (Å²) in [7, 11) is 1.75. The molecule has 118 valence electrons. The van der Waals surface area contributed by atoms with Crippen molar-refractivity contribution < 1.29 is 14.6 Å². The molecule has 3 atom stereocenters. The van der Waals surface area contributed by atoms with Gasteiger partial charge in [-0.1, -0.05) is 6.92 Å². The predicted molar refractivity (Wildman–Crippen MR) is 80.0 cm³/mol. The van der Waals surface area contributed by atoms with Crippen LogP contribution in [0.4, 0.5) is 0 Å². The number of nitrogens with one attached hydrogen (secondary N) is 1. The van der Waals surface area contributed by atoms with Crippen LogP contribution in [0, 0.1) is 0 Å². The van der Waals surface area contributed by atoms with E-state index in [1.54, 1.807) is 14.0 Å². The van der Waals surface area contributed by atoms with Crippen LogP contribution in [-0.4, -0.2) is 60.4 Å². The number of carbonyl (C=O) groups is 1. The molecule has 5 heteroatoms. The molecule has 1 saturated heterocycles. The van der Waals surface area contributed by atoms with Crippen molar-refractivity contribution in [2.24, 2.45) is 0 Å². The highest BCUT2D eigenvalue weighted by atomic mass is 16.5. The van der Waals surface area contributed by atoms with E-state index in [4.69, 9.17) is 4.74 Å². The molecule has 1 fully saturated rings. The summed E-state index contributed by atoms with van der Waals surface area (Å²) in [5, 5.41) is 12.7. The third-order valence-electron chi connectivity index (χ3n) is 4.31. The number of hydrogen-bond acceptors (Lipinski definition) is 4. The van der Waals surface area contributed by atoms with Crippen LogP contribution in [0.5, 0.6) is 0 Å². The lowest BCUT2D eigenvalue weighted by molar-refractivity contribution is -0.145. The van der Waals surface area contributed by atoms with E-state index in [9.17, 15) is 9.90 Å². The van der Waals surface area contributed by atoms with Gasteiger partial charge in [0.05, 0.1) is 6.10 Å². The number of aliphatic carboxylic acids is 1. The van der Waals surface area contributed by atoms with Crippen molar-refractivity contribution in [1.82, 2.24) is 10.2 Å². The summed E-state index contributed by atoms with van der Waals surface area (Å²) in [6.07, 6.45) is 4.05. The van der Waals surface area contributed by atoms with Crippen molar-refractivity contribution >= 4 is 5.97 Å². The minimum absolute atomic E-state index is 0.235. The highest BCUT2D eigenvalue weighted by Gasteiger charge is 2.36. The van der Waals surface area contributed by atoms with Gasteiger partial charge in [0.15, 0.2) is 0 Å². The van der Waals surface area contributed by atoms with Crippen LogP contribution in [0.15, 0.2) is 0 Å². The first kappa shape index (κ1) is 17.4. The van der Waals surface area contributed by atoms with E-state index in [1.807, 2.05) is 6.92 Å². The van der Waals surface area contributed by atoms with Gasteiger partial charge in [-0.3, -0.25) is 9.69 Å². The van der Waals surface area contributed by atoms with E-state index < -0.39 is 11.5 Å². The molecule has 0 aromatic rings. The van der Waals surface area contributed by atoms with E-state index in [0.29, 0.717) is 6.42 Å². The second kappa shape index (κ2) is 7.96. The number of likely N-dealkylation sites (tertiary alicyclic amines) is 1. The molecule has 1 rings (SSSR count). The number of methoxy groups -OCH3 is 1. The van der Waals surface area contributed by atoms with Gasteiger partial charge >= 0.3 is 5.97 Å². The number of nitrogens with zero attached hydrogens (tertiary/aromatic N) is 1. The van der Waals surface area contributed by atoms with Gasteiger partial charge in [0.25, 0.3) is 0 Å². The molecule has 0 amide bonds. The molecule has 0 aromatic carbocycles. The van der Waals surface area contributed by atoms with E-state index in [2.05, 4.69) is 17.1 Å². The van der Waals surface area contributed by atoms with Gasteiger partial charge in [-0.25, -0.2) is 0 Å². The molecule has 0 aromatic heterocycles. The first-order valence-corrected chi connectivity index (χ1v) is 7.68.